The van der Waals surface area contributed by atoms with Gasteiger partial charge in [0.05, 0.1) is 0 Å². The lowest BCUT2D eigenvalue weighted by Gasteiger charge is -2.17. The minimum atomic E-state index is -2.92. The summed E-state index contributed by atoms with van der Waals surface area (Å²) in [5, 5.41) is 9.43. The number of amides is 1. The number of aryl methyl sites for hydroxylation is 1. The molecule has 29 heavy (non-hydrogen) atoms. The second-order valence-electron chi connectivity index (χ2n) is 6.54. The molecular weight excluding hydrogens is 380 g/mol. The summed E-state index contributed by atoms with van der Waals surface area (Å²) in [4.78, 5) is 12.3. The number of aromatic nitrogens is 1. The van der Waals surface area contributed by atoms with Gasteiger partial charge in [-0.15, -0.1) is 0 Å². The number of carbonyl (C=O) groups excluding carboxylic acids is 1. The van der Waals surface area contributed by atoms with Crippen molar-refractivity contribution in [2.75, 3.05) is 10.6 Å². The van der Waals surface area contributed by atoms with Crippen LogP contribution in [0.3, 0.4) is 0 Å². The van der Waals surface area contributed by atoms with Crippen molar-refractivity contribution in [1.29, 1.82) is 0 Å². The second-order valence-corrected chi connectivity index (χ2v) is 6.54. The number of hydrogen-bond donors (Lipinski definition) is 2. The van der Waals surface area contributed by atoms with Gasteiger partial charge in [0.2, 0.25) is 5.91 Å². The highest BCUT2D eigenvalue weighted by atomic mass is 19.3. The molecule has 0 aliphatic rings. The average molecular weight is 401 g/mol. The summed E-state index contributed by atoms with van der Waals surface area (Å²) in [6, 6.07) is 15.2. The SMILES string of the molecule is Cc1cc(NC(=O)C(C)Nc2ccc(OC(F)F)c(Cc3ccccc3)c2)no1. The van der Waals surface area contributed by atoms with Crippen molar-refractivity contribution in [2.45, 2.75) is 32.9 Å². The average Bonchev–Trinajstić information content (AvgIpc) is 3.09. The maximum absolute atomic E-state index is 12.8. The van der Waals surface area contributed by atoms with Crippen LogP contribution in [0.25, 0.3) is 0 Å². The van der Waals surface area contributed by atoms with Crippen LogP contribution in [-0.2, 0) is 11.2 Å². The largest absolute Gasteiger partial charge is 0.435 e. The zero-order valence-electron chi connectivity index (χ0n) is 16.0. The molecule has 0 radical (unpaired) electrons. The third kappa shape index (κ3) is 5.78. The van der Waals surface area contributed by atoms with Crippen LogP contribution in [-0.4, -0.2) is 23.7 Å². The van der Waals surface area contributed by atoms with Crippen molar-refractivity contribution >= 4 is 17.4 Å². The maximum Gasteiger partial charge on any atom is 0.387 e. The number of alkyl halides is 2. The van der Waals surface area contributed by atoms with Crippen molar-refractivity contribution in [1.82, 2.24) is 5.16 Å². The Bertz CT molecular complexity index is 961. The topological polar surface area (TPSA) is 76.4 Å². The van der Waals surface area contributed by atoms with Crippen molar-refractivity contribution in [3.63, 3.8) is 0 Å². The first-order chi connectivity index (χ1) is 13.9. The molecule has 152 valence electrons. The van der Waals surface area contributed by atoms with Crippen LogP contribution in [0.15, 0.2) is 59.1 Å². The van der Waals surface area contributed by atoms with Crippen LogP contribution in [0, 0.1) is 6.92 Å². The molecule has 0 fully saturated rings. The van der Waals surface area contributed by atoms with Gasteiger partial charge in [-0.2, -0.15) is 8.78 Å². The number of carbonyl (C=O) groups is 1. The Morgan fingerprint density at radius 2 is 1.93 bits per heavy atom. The van der Waals surface area contributed by atoms with E-state index >= 15 is 0 Å². The van der Waals surface area contributed by atoms with Gasteiger partial charge in [0, 0.05) is 23.7 Å². The maximum atomic E-state index is 12.8. The Morgan fingerprint density at radius 1 is 1.17 bits per heavy atom. The molecule has 0 saturated heterocycles. The van der Waals surface area contributed by atoms with Crippen LogP contribution >= 0.6 is 0 Å². The second kappa shape index (κ2) is 9.18. The van der Waals surface area contributed by atoms with Crippen LogP contribution in [0.2, 0.25) is 0 Å². The Morgan fingerprint density at radius 3 is 2.59 bits per heavy atom. The molecule has 1 amide bonds. The van der Waals surface area contributed by atoms with Crippen LogP contribution in [0.5, 0.6) is 5.75 Å². The van der Waals surface area contributed by atoms with E-state index < -0.39 is 12.7 Å². The Hall–Kier alpha value is -3.42. The van der Waals surface area contributed by atoms with Gasteiger partial charge in [0.1, 0.15) is 17.6 Å². The summed E-state index contributed by atoms with van der Waals surface area (Å²) in [6.07, 6.45) is 0.414. The van der Waals surface area contributed by atoms with E-state index in [-0.39, 0.29) is 11.7 Å². The quantitative estimate of drug-likeness (QED) is 0.576. The van der Waals surface area contributed by atoms with Crippen molar-refractivity contribution in [3.05, 3.63) is 71.5 Å². The number of benzene rings is 2. The number of halogens is 2. The summed E-state index contributed by atoms with van der Waals surface area (Å²) >= 11 is 0. The monoisotopic (exact) mass is 401 g/mol. The van der Waals surface area contributed by atoms with Gasteiger partial charge >= 0.3 is 6.61 Å². The molecular formula is C21H21F2N3O3. The summed E-state index contributed by atoms with van der Waals surface area (Å²) in [5.74, 6) is 0.702. The van der Waals surface area contributed by atoms with Gasteiger partial charge in [0.25, 0.3) is 0 Å². The highest BCUT2D eigenvalue weighted by Crippen LogP contribution is 2.27. The Kier molecular flexibility index (Phi) is 6.43. The van der Waals surface area contributed by atoms with Gasteiger partial charge in [-0.3, -0.25) is 4.79 Å². The molecule has 0 aliphatic carbocycles. The molecule has 1 aromatic heterocycles. The van der Waals surface area contributed by atoms with E-state index in [9.17, 15) is 13.6 Å². The molecule has 1 atom stereocenters. The molecule has 2 N–H and O–H groups in total. The fourth-order valence-electron chi connectivity index (χ4n) is 2.81. The number of ether oxygens (including phenoxy) is 1. The normalized spacial score (nSPS) is 11.9. The van der Waals surface area contributed by atoms with E-state index in [2.05, 4.69) is 20.5 Å². The summed E-state index contributed by atoms with van der Waals surface area (Å²) in [5.41, 5.74) is 2.15. The summed E-state index contributed by atoms with van der Waals surface area (Å²) in [7, 11) is 0. The van der Waals surface area contributed by atoms with E-state index in [0.717, 1.165) is 5.56 Å². The van der Waals surface area contributed by atoms with Gasteiger partial charge in [0.15, 0.2) is 5.82 Å². The minimum Gasteiger partial charge on any atom is -0.435 e. The lowest BCUT2D eigenvalue weighted by molar-refractivity contribution is -0.116. The molecule has 3 rings (SSSR count). The Labute approximate surface area is 166 Å². The van der Waals surface area contributed by atoms with Gasteiger partial charge < -0.3 is 19.9 Å². The van der Waals surface area contributed by atoms with Crippen LogP contribution < -0.4 is 15.4 Å². The van der Waals surface area contributed by atoms with Crippen molar-refractivity contribution in [2.24, 2.45) is 0 Å². The number of rotatable bonds is 8. The molecule has 0 aliphatic heterocycles. The molecule has 6 nitrogen and oxygen atoms in total. The molecule has 2 aromatic carbocycles. The van der Waals surface area contributed by atoms with Crippen LogP contribution in [0.4, 0.5) is 20.3 Å². The molecule has 1 unspecified atom stereocenters. The van der Waals surface area contributed by atoms with Crippen LogP contribution in [0.1, 0.15) is 23.8 Å². The van der Waals surface area contributed by atoms with Crippen molar-refractivity contribution < 1.29 is 22.8 Å². The standard InChI is InChI=1S/C21H21F2N3O3/c1-13-10-19(26-29-13)25-20(27)14(2)24-17-8-9-18(28-21(22)23)16(12-17)11-15-6-4-3-5-7-15/h3-10,12,14,21,24H,11H2,1-2H3,(H,25,26,27). The van der Waals surface area contributed by atoms with E-state index in [1.54, 1.807) is 32.0 Å². The van der Waals surface area contributed by atoms with E-state index in [4.69, 9.17) is 4.52 Å². The summed E-state index contributed by atoms with van der Waals surface area (Å²) in [6.45, 7) is 0.489. The van der Waals surface area contributed by atoms with Gasteiger partial charge in [-0.05, 0) is 37.6 Å². The lowest BCUT2D eigenvalue weighted by atomic mass is 10.0. The minimum absolute atomic E-state index is 0.101. The molecule has 0 bridgehead atoms. The fourth-order valence-corrected chi connectivity index (χ4v) is 2.81. The number of nitrogens with zero attached hydrogens (tertiary/aromatic N) is 1. The van der Waals surface area contributed by atoms with E-state index in [1.165, 1.54) is 6.07 Å². The van der Waals surface area contributed by atoms with E-state index in [0.29, 0.717) is 29.2 Å². The molecule has 0 spiro atoms. The predicted octanol–water partition coefficient (Wildman–Crippen LogP) is 4.61. The summed E-state index contributed by atoms with van der Waals surface area (Å²) < 4.78 is 35.1. The molecule has 3 aromatic rings. The van der Waals surface area contributed by atoms with Crippen molar-refractivity contribution in [3.8, 4) is 5.75 Å². The molecule has 8 heteroatoms. The van der Waals surface area contributed by atoms with Gasteiger partial charge in [-0.1, -0.05) is 35.5 Å². The molecule has 0 saturated carbocycles. The highest BCUT2D eigenvalue weighted by molar-refractivity contribution is 5.95. The first-order valence-electron chi connectivity index (χ1n) is 9.03. The zero-order chi connectivity index (χ0) is 20.8. The number of anilines is 2. The third-order valence-electron chi connectivity index (χ3n) is 4.17. The van der Waals surface area contributed by atoms with Gasteiger partial charge in [-0.25, -0.2) is 0 Å². The fraction of sp³-hybridized carbons (Fsp3) is 0.238. The first kappa shape index (κ1) is 20.3. The highest BCUT2D eigenvalue weighted by Gasteiger charge is 2.16. The Balaban J connectivity index is 1.74. The third-order valence-corrected chi connectivity index (χ3v) is 4.17. The number of nitrogens with one attached hydrogen (secondary N) is 2. The lowest BCUT2D eigenvalue weighted by Crippen LogP contribution is -2.32. The zero-order valence-corrected chi connectivity index (χ0v) is 16.0. The number of hydrogen-bond acceptors (Lipinski definition) is 5. The first-order valence-corrected chi connectivity index (χ1v) is 9.03. The predicted molar refractivity (Wildman–Crippen MR) is 105 cm³/mol. The smallest absolute Gasteiger partial charge is 0.387 e. The molecule has 1 heterocycles. The van der Waals surface area contributed by atoms with E-state index in [1.807, 2.05) is 30.3 Å².